The van der Waals surface area contributed by atoms with E-state index in [1.165, 1.54) is 0 Å². The highest BCUT2D eigenvalue weighted by molar-refractivity contribution is 5.79. The second-order valence-corrected chi connectivity index (χ2v) is 7.31. The van der Waals surface area contributed by atoms with Crippen LogP contribution in [0.25, 0.3) is 11.3 Å². The summed E-state index contributed by atoms with van der Waals surface area (Å²) in [4.78, 5) is 18.9. The van der Waals surface area contributed by atoms with E-state index in [0.29, 0.717) is 6.54 Å². The summed E-state index contributed by atoms with van der Waals surface area (Å²) in [5.74, 6) is 1.74. The highest BCUT2D eigenvalue weighted by Crippen LogP contribution is 2.24. The smallest absolute Gasteiger partial charge is 0.223 e. The summed E-state index contributed by atoms with van der Waals surface area (Å²) in [5.41, 5.74) is 2.73. The SMILES string of the molecule is COc1ccccc1CNC(=O)C1CCN(c2ccc(-c3cccnc3)nn2)CC1. The monoisotopic (exact) mass is 403 g/mol. The zero-order valence-electron chi connectivity index (χ0n) is 17.0. The summed E-state index contributed by atoms with van der Waals surface area (Å²) in [5, 5.41) is 11.8. The molecule has 0 unspecified atom stereocenters. The molecule has 0 saturated carbocycles. The molecule has 1 amide bonds. The first-order chi connectivity index (χ1) is 14.7. The van der Waals surface area contributed by atoms with Crippen molar-refractivity contribution in [1.29, 1.82) is 0 Å². The third-order valence-corrected chi connectivity index (χ3v) is 5.44. The molecule has 7 nitrogen and oxygen atoms in total. The molecule has 7 heteroatoms. The minimum absolute atomic E-state index is 0.0126. The fourth-order valence-electron chi connectivity index (χ4n) is 3.71. The number of aromatic nitrogens is 3. The average Bonchev–Trinajstić information content (AvgIpc) is 2.83. The van der Waals surface area contributed by atoms with E-state index in [9.17, 15) is 4.79 Å². The molecule has 0 radical (unpaired) electrons. The summed E-state index contributed by atoms with van der Waals surface area (Å²) < 4.78 is 5.35. The van der Waals surface area contributed by atoms with E-state index in [-0.39, 0.29) is 11.8 Å². The summed E-state index contributed by atoms with van der Waals surface area (Å²) >= 11 is 0. The van der Waals surface area contributed by atoms with Gasteiger partial charge in [-0.1, -0.05) is 18.2 Å². The van der Waals surface area contributed by atoms with E-state index in [0.717, 1.165) is 54.3 Å². The lowest BCUT2D eigenvalue weighted by Crippen LogP contribution is -2.40. The second kappa shape index (κ2) is 9.35. The fraction of sp³-hybridized carbons (Fsp3) is 0.304. The van der Waals surface area contributed by atoms with Crippen molar-refractivity contribution in [3.05, 3.63) is 66.5 Å². The molecule has 3 heterocycles. The Bertz CT molecular complexity index is 970. The van der Waals surface area contributed by atoms with Gasteiger partial charge in [-0.3, -0.25) is 9.78 Å². The number of carbonyl (C=O) groups is 1. The van der Waals surface area contributed by atoms with Crippen LogP contribution in [0.15, 0.2) is 60.9 Å². The van der Waals surface area contributed by atoms with Crippen LogP contribution in [0.1, 0.15) is 18.4 Å². The topological polar surface area (TPSA) is 80.2 Å². The molecule has 1 saturated heterocycles. The van der Waals surface area contributed by atoms with Crippen LogP contribution in [-0.2, 0) is 11.3 Å². The molecular weight excluding hydrogens is 378 g/mol. The predicted molar refractivity (Wildman–Crippen MR) is 115 cm³/mol. The molecule has 3 aromatic rings. The van der Waals surface area contributed by atoms with Gasteiger partial charge < -0.3 is 15.0 Å². The number of benzene rings is 1. The van der Waals surface area contributed by atoms with Crippen LogP contribution in [0.2, 0.25) is 0 Å². The average molecular weight is 403 g/mol. The second-order valence-electron chi connectivity index (χ2n) is 7.31. The first-order valence-electron chi connectivity index (χ1n) is 10.1. The van der Waals surface area contributed by atoms with Crippen LogP contribution in [0.4, 0.5) is 5.82 Å². The highest BCUT2D eigenvalue weighted by atomic mass is 16.5. The van der Waals surface area contributed by atoms with Crippen molar-refractivity contribution in [3.63, 3.8) is 0 Å². The highest BCUT2D eigenvalue weighted by Gasteiger charge is 2.25. The summed E-state index contributed by atoms with van der Waals surface area (Å²) in [6, 6.07) is 15.5. The maximum atomic E-state index is 12.6. The van der Waals surface area contributed by atoms with Gasteiger partial charge >= 0.3 is 0 Å². The summed E-state index contributed by atoms with van der Waals surface area (Å²) in [6.45, 7) is 2.05. The molecule has 30 heavy (non-hydrogen) atoms. The van der Waals surface area contributed by atoms with Gasteiger partial charge in [-0.2, -0.15) is 0 Å². The summed E-state index contributed by atoms with van der Waals surface area (Å²) in [7, 11) is 1.64. The van der Waals surface area contributed by atoms with Crippen LogP contribution >= 0.6 is 0 Å². The molecule has 1 fully saturated rings. The van der Waals surface area contributed by atoms with Crippen LogP contribution in [0.5, 0.6) is 5.75 Å². The predicted octanol–water partition coefficient (Wildman–Crippen LogP) is 3.08. The number of anilines is 1. The third kappa shape index (κ3) is 4.56. The number of methoxy groups -OCH3 is 1. The van der Waals surface area contributed by atoms with Gasteiger partial charge in [0.15, 0.2) is 5.82 Å². The number of para-hydroxylation sites is 1. The van der Waals surface area contributed by atoms with Gasteiger partial charge in [-0.25, -0.2) is 0 Å². The fourth-order valence-corrected chi connectivity index (χ4v) is 3.71. The zero-order valence-corrected chi connectivity index (χ0v) is 17.0. The van der Waals surface area contributed by atoms with E-state index < -0.39 is 0 Å². The maximum Gasteiger partial charge on any atom is 0.223 e. The number of nitrogens with zero attached hydrogens (tertiary/aromatic N) is 4. The summed E-state index contributed by atoms with van der Waals surface area (Å²) in [6.07, 6.45) is 5.11. The maximum absolute atomic E-state index is 12.6. The van der Waals surface area contributed by atoms with Crippen molar-refractivity contribution >= 4 is 11.7 Å². The van der Waals surface area contributed by atoms with Crippen molar-refractivity contribution < 1.29 is 9.53 Å². The first-order valence-corrected chi connectivity index (χ1v) is 10.1. The van der Waals surface area contributed by atoms with Crippen LogP contribution in [0, 0.1) is 5.92 Å². The van der Waals surface area contributed by atoms with Crippen molar-refractivity contribution in [3.8, 4) is 17.0 Å². The van der Waals surface area contributed by atoms with E-state index in [4.69, 9.17) is 4.74 Å². The normalized spacial score (nSPS) is 14.4. The van der Waals surface area contributed by atoms with Crippen LogP contribution < -0.4 is 15.0 Å². The molecule has 0 bridgehead atoms. The number of nitrogens with one attached hydrogen (secondary N) is 1. The van der Waals surface area contributed by atoms with Crippen molar-refractivity contribution in [2.75, 3.05) is 25.1 Å². The Hall–Kier alpha value is -3.48. The molecule has 1 aromatic carbocycles. The van der Waals surface area contributed by atoms with Gasteiger partial charge in [-0.05, 0) is 43.2 Å². The Morgan fingerprint density at radius 3 is 2.63 bits per heavy atom. The zero-order chi connectivity index (χ0) is 20.8. The molecule has 4 rings (SSSR count). The lowest BCUT2D eigenvalue weighted by Gasteiger charge is -2.31. The molecule has 1 aliphatic rings. The number of piperidine rings is 1. The lowest BCUT2D eigenvalue weighted by molar-refractivity contribution is -0.125. The van der Waals surface area contributed by atoms with E-state index in [1.807, 2.05) is 48.5 Å². The van der Waals surface area contributed by atoms with Crippen molar-refractivity contribution in [2.45, 2.75) is 19.4 Å². The first kappa shape index (κ1) is 19.8. The van der Waals surface area contributed by atoms with Gasteiger partial charge in [-0.15, -0.1) is 10.2 Å². The van der Waals surface area contributed by atoms with Gasteiger partial charge in [0, 0.05) is 49.1 Å². The Kier molecular flexibility index (Phi) is 6.17. The van der Waals surface area contributed by atoms with Gasteiger partial charge in [0.05, 0.1) is 12.8 Å². The van der Waals surface area contributed by atoms with Crippen LogP contribution in [0.3, 0.4) is 0 Å². The van der Waals surface area contributed by atoms with E-state index in [2.05, 4.69) is 25.4 Å². The number of hydrogen-bond donors (Lipinski definition) is 1. The number of carbonyl (C=O) groups excluding carboxylic acids is 1. The van der Waals surface area contributed by atoms with Gasteiger partial charge in [0.25, 0.3) is 0 Å². The molecule has 0 atom stereocenters. The third-order valence-electron chi connectivity index (χ3n) is 5.44. The Morgan fingerprint density at radius 2 is 1.93 bits per heavy atom. The number of ether oxygens (including phenoxy) is 1. The standard InChI is InChI=1S/C23H25N5O2/c1-30-21-7-3-2-5-19(21)16-25-23(29)17-10-13-28(14-11-17)22-9-8-20(26-27-22)18-6-4-12-24-15-18/h2-9,12,15,17H,10-11,13-14,16H2,1H3,(H,25,29). The Labute approximate surface area is 176 Å². The van der Waals surface area contributed by atoms with Gasteiger partial charge in [0.2, 0.25) is 5.91 Å². The number of amides is 1. The largest absolute Gasteiger partial charge is 0.496 e. The van der Waals surface area contributed by atoms with Crippen molar-refractivity contribution in [1.82, 2.24) is 20.5 Å². The molecule has 0 spiro atoms. The Morgan fingerprint density at radius 1 is 1.10 bits per heavy atom. The molecule has 1 N–H and O–H groups in total. The lowest BCUT2D eigenvalue weighted by atomic mass is 9.95. The molecular formula is C23H25N5O2. The van der Waals surface area contributed by atoms with Gasteiger partial charge in [0.1, 0.15) is 5.75 Å². The number of hydrogen-bond acceptors (Lipinski definition) is 6. The molecule has 154 valence electrons. The molecule has 2 aromatic heterocycles. The quantitative estimate of drug-likeness (QED) is 0.681. The molecule has 0 aliphatic carbocycles. The molecule has 1 aliphatic heterocycles. The number of pyridine rings is 1. The number of rotatable bonds is 6. The minimum atomic E-state index is 0.0126. The van der Waals surface area contributed by atoms with E-state index >= 15 is 0 Å². The van der Waals surface area contributed by atoms with Crippen molar-refractivity contribution in [2.24, 2.45) is 5.92 Å². The van der Waals surface area contributed by atoms with Crippen LogP contribution in [-0.4, -0.2) is 41.3 Å². The Balaban J connectivity index is 1.30. The minimum Gasteiger partial charge on any atom is -0.496 e. The van der Waals surface area contributed by atoms with E-state index in [1.54, 1.807) is 19.5 Å².